The molecule has 2 rings (SSSR count). The minimum Gasteiger partial charge on any atom is -0.365 e. The van der Waals surface area contributed by atoms with E-state index in [0.29, 0.717) is 0 Å². The van der Waals surface area contributed by atoms with E-state index in [1.165, 1.54) is 5.69 Å². The topological polar surface area (TPSA) is 16.1 Å². The average Bonchev–Trinajstić information content (AvgIpc) is 2.73. The maximum absolute atomic E-state index is 5.89. The van der Waals surface area contributed by atoms with Gasteiger partial charge in [0.25, 0.3) is 0 Å². The summed E-state index contributed by atoms with van der Waals surface area (Å²) >= 11 is 7.61. The number of aryl methyl sites for hydroxylation is 1. The van der Waals surface area contributed by atoms with Crippen molar-refractivity contribution in [3.05, 3.63) is 45.4 Å². The van der Waals surface area contributed by atoms with Gasteiger partial charge in [-0.05, 0) is 38.1 Å². The van der Waals surface area contributed by atoms with Gasteiger partial charge in [0.15, 0.2) is 0 Å². The number of benzene rings is 1. The van der Waals surface area contributed by atoms with Crippen molar-refractivity contribution in [2.75, 3.05) is 11.4 Å². The summed E-state index contributed by atoms with van der Waals surface area (Å²) in [5.41, 5.74) is 2.28. The zero-order valence-corrected chi connectivity index (χ0v) is 11.6. The summed E-state index contributed by atoms with van der Waals surface area (Å²) in [6, 6.07) is 7.94. The Morgan fingerprint density at radius 2 is 2.00 bits per heavy atom. The lowest BCUT2D eigenvalue weighted by Crippen LogP contribution is -2.21. The number of thiazole rings is 1. The number of anilines is 1. The van der Waals surface area contributed by atoms with E-state index in [9.17, 15) is 0 Å². The maximum atomic E-state index is 5.89. The molecule has 90 valence electrons. The van der Waals surface area contributed by atoms with Gasteiger partial charge in [-0.1, -0.05) is 11.6 Å². The second-order valence-electron chi connectivity index (χ2n) is 3.87. The molecule has 1 heterocycles. The smallest absolute Gasteiger partial charge is 0.112 e. The standard InChI is InChI=1S/C13H15ClN2S/c1-3-16(8-13-15-10(2)9-17-13)12-6-4-11(14)5-7-12/h4-7,9H,3,8H2,1-2H3. The summed E-state index contributed by atoms with van der Waals surface area (Å²) in [7, 11) is 0. The van der Waals surface area contributed by atoms with E-state index in [4.69, 9.17) is 11.6 Å². The molecule has 4 heteroatoms. The Hall–Kier alpha value is -1.06. The molecule has 0 bridgehead atoms. The van der Waals surface area contributed by atoms with Crippen LogP contribution in [0.15, 0.2) is 29.6 Å². The number of rotatable bonds is 4. The molecule has 17 heavy (non-hydrogen) atoms. The summed E-state index contributed by atoms with van der Waals surface area (Å²) < 4.78 is 0. The lowest BCUT2D eigenvalue weighted by Gasteiger charge is -2.21. The van der Waals surface area contributed by atoms with Crippen LogP contribution >= 0.6 is 22.9 Å². The third-order valence-corrected chi connectivity index (χ3v) is 3.77. The molecule has 0 unspecified atom stereocenters. The van der Waals surface area contributed by atoms with Gasteiger partial charge in [0.1, 0.15) is 5.01 Å². The van der Waals surface area contributed by atoms with Crippen LogP contribution in [0.4, 0.5) is 5.69 Å². The van der Waals surface area contributed by atoms with Crippen LogP contribution in [0.1, 0.15) is 17.6 Å². The molecular formula is C13H15ClN2S. The molecule has 0 amide bonds. The van der Waals surface area contributed by atoms with Crippen LogP contribution in [0.5, 0.6) is 0 Å². The minimum absolute atomic E-state index is 0.773. The normalized spacial score (nSPS) is 10.5. The lowest BCUT2D eigenvalue weighted by molar-refractivity contribution is 0.823. The van der Waals surface area contributed by atoms with Crippen LogP contribution in [-0.2, 0) is 6.54 Å². The van der Waals surface area contributed by atoms with Gasteiger partial charge in [0.05, 0.1) is 6.54 Å². The molecule has 0 radical (unpaired) electrons. The highest BCUT2D eigenvalue weighted by molar-refractivity contribution is 7.09. The molecule has 0 aliphatic carbocycles. The van der Waals surface area contributed by atoms with E-state index in [-0.39, 0.29) is 0 Å². The summed E-state index contributed by atoms with van der Waals surface area (Å²) in [6.45, 7) is 5.99. The third kappa shape index (κ3) is 3.20. The fourth-order valence-corrected chi connectivity index (χ4v) is 2.59. The predicted octanol–water partition coefficient (Wildman–Crippen LogP) is 4.13. The van der Waals surface area contributed by atoms with Crippen molar-refractivity contribution in [1.82, 2.24) is 4.98 Å². The first kappa shape index (κ1) is 12.4. The van der Waals surface area contributed by atoms with Gasteiger partial charge in [-0.2, -0.15) is 0 Å². The van der Waals surface area contributed by atoms with Crippen molar-refractivity contribution < 1.29 is 0 Å². The predicted molar refractivity (Wildman–Crippen MR) is 75.0 cm³/mol. The molecule has 0 saturated carbocycles. The van der Waals surface area contributed by atoms with E-state index >= 15 is 0 Å². The highest BCUT2D eigenvalue weighted by Gasteiger charge is 2.07. The van der Waals surface area contributed by atoms with Gasteiger partial charge in [-0.15, -0.1) is 11.3 Å². The summed E-state index contributed by atoms with van der Waals surface area (Å²) in [5.74, 6) is 0. The molecule has 0 saturated heterocycles. The van der Waals surface area contributed by atoms with Crippen molar-refractivity contribution in [3.8, 4) is 0 Å². The average molecular weight is 267 g/mol. The Bertz CT molecular complexity index is 478. The van der Waals surface area contributed by atoms with Crippen molar-refractivity contribution in [2.24, 2.45) is 0 Å². The fourth-order valence-electron chi connectivity index (χ4n) is 1.68. The number of halogens is 1. The monoisotopic (exact) mass is 266 g/mol. The largest absolute Gasteiger partial charge is 0.365 e. The zero-order valence-electron chi connectivity index (χ0n) is 9.98. The quantitative estimate of drug-likeness (QED) is 0.827. The lowest BCUT2D eigenvalue weighted by atomic mass is 10.3. The van der Waals surface area contributed by atoms with E-state index < -0.39 is 0 Å². The highest BCUT2D eigenvalue weighted by Crippen LogP contribution is 2.21. The van der Waals surface area contributed by atoms with Gasteiger partial charge < -0.3 is 4.90 Å². The Kier molecular flexibility index (Phi) is 4.02. The number of nitrogens with zero attached hydrogens (tertiary/aromatic N) is 2. The minimum atomic E-state index is 0.773. The number of hydrogen-bond acceptors (Lipinski definition) is 3. The van der Waals surface area contributed by atoms with Crippen molar-refractivity contribution in [2.45, 2.75) is 20.4 Å². The van der Waals surface area contributed by atoms with Gasteiger partial charge in [0.2, 0.25) is 0 Å². The first-order valence-electron chi connectivity index (χ1n) is 5.60. The summed E-state index contributed by atoms with van der Waals surface area (Å²) in [6.07, 6.45) is 0. The summed E-state index contributed by atoms with van der Waals surface area (Å²) in [4.78, 5) is 6.78. The van der Waals surface area contributed by atoms with E-state index in [2.05, 4.69) is 22.2 Å². The molecule has 1 aromatic heterocycles. The van der Waals surface area contributed by atoms with E-state index in [1.54, 1.807) is 11.3 Å². The molecule has 0 N–H and O–H groups in total. The highest BCUT2D eigenvalue weighted by atomic mass is 35.5. The van der Waals surface area contributed by atoms with Crippen LogP contribution in [0.25, 0.3) is 0 Å². The second kappa shape index (κ2) is 5.52. The molecule has 2 nitrogen and oxygen atoms in total. The number of hydrogen-bond donors (Lipinski definition) is 0. The number of aromatic nitrogens is 1. The molecule has 1 aromatic carbocycles. The van der Waals surface area contributed by atoms with Crippen LogP contribution < -0.4 is 4.90 Å². The van der Waals surface area contributed by atoms with Crippen molar-refractivity contribution >= 4 is 28.6 Å². The molecule has 0 spiro atoms. The second-order valence-corrected chi connectivity index (χ2v) is 5.25. The van der Waals surface area contributed by atoms with Gasteiger partial charge in [-0.3, -0.25) is 0 Å². The van der Waals surface area contributed by atoms with Gasteiger partial charge in [-0.25, -0.2) is 4.98 Å². The molecular weight excluding hydrogens is 252 g/mol. The summed E-state index contributed by atoms with van der Waals surface area (Å²) in [5, 5.41) is 4.01. The van der Waals surface area contributed by atoms with Crippen molar-refractivity contribution in [3.63, 3.8) is 0 Å². The Balaban J connectivity index is 2.13. The Morgan fingerprint density at radius 3 is 2.53 bits per heavy atom. The molecule has 0 aliphatic heterocycles. The van der Waals surface area contributed by atoms with Crippen molar-refractivity contribution in [1.29, 1.82) is 0 Å². The van der Waals surface area contributed by atoms with E-state index in [1.807, 2.05) is 31.2 Å². The SMILES string of the molecule is CCN(Cc1nc(C)cs1)c1ccc(Cl)cc1. The third-order valence-electron chi connectivity index (χ3n) is 2.57. The zero-order chi connectivity index (χ0) is 12.3. The molecule has 0 atom stereocenters. The molecule has 0 fully saturated rings. The first-order chi connectivity index (χ1) is 8.19. The van der Waals surface area contributed by atoms with Gasteiger partial charge in [0, 0.05) is 28.3 Å². The van der Waals surface area contributed by atoms with Gasteiger partial charge >= 0.3 is 0 Å². The van der Waals surface area contributed by atoms with Crippen LogP contribution in [0.3, 0.4) is 0 Å². The molecule has 2 aromatic rings. The maximum Gasteiger partial charge on any atom is 0.112 e. The Labute approximate surface area is 111 Å². The van der Waals surface area contributed by atoms with Crippen LogP contribution in [0.2, 0.25) is 5.02 Å². The Morgan fingerprint density at radius 1 is 1.29 bits per heavy atom. The fraction of sp³-hybridized carbons (Fsp3) is 0.308. The van der Waals surface area contributed by atoms with Crippen LogP contribution in [-0.4, -0.2) is 11.5 Å². The van der Waals surface area contributed by atoms with E-state index in [0.717, 1.165) is 28.8 Å². The molecule has 0 aliphatic rings. The van der Waals surface area contributed by atoms with Crippen LogP contribution in [0, 0.1) is 6.92 Å². The first-order valence-corrected chi connectivity index (χ1v) is 6.86.